The number of anilines is 1. The number of halogens is 1. The summed E-state index contributed by atoms with van der Waals surface area (Å²) in [5, 5.41) is 6.89. The van der Waals surface area contributed by atoms with Gasteiger partial charge in [0, 0.05) is 52.7 Å². The van der Waals surface area contributed by atoms with Gasteiger partial charge in [-0.1, -0.05) is 18.2 Å². The zero-order valence-electron chi connectivity index (χ0n) is 17.0. The van der Waals surface area contributed by atoms with Gasteiger partial charge in [0.2, 0.25) is 0 Å². The topological polar surface area (TPSA) is 56.7 Å². The Morgan fingerprint density at radius 3 is 2.63 bits per heavy atom. The quantitative estimate of drug-likeness (QED) is 0.353. The smallest absolute Gasteiger partial charge is 0.191 e. The third-order valence-electron chi connectivity index (χ3n) is 4.46. The second-order valence-corrected chi connectivity index (χ2v) is 10.0. The van der Waals surface area contributed by atoms with Gasteiger partial charge in [-0.15, -0.1) is 24.0 Å². The van der Waals surface area contributed by atoms with Crippen LogP contribution in [0.4, 0.5) is 5.69 Å². The highest BCUT2D eigenvalue weighted by Crippen LogP contribution is 2.19. The lowest BCUT2D eigenvalue weighted by Gasteiger charge is -2.35. The van der Waals surface area contributed by atoms with Gasteiger partial charge in [-0.25, -0.2) is 0 Å². The van der Waals surface area contributed by atoms with E-state index in [-0.39, 0.29) is 28.7 Å². The molecule has 1 aliphatic heterocycles. The third-order valence-corrected chi connectivity index (χ3v) is 6.38. The highest BCUT2D eigenvalue weighted by molar-refractivity contribution is 14.0. The third kappa shape index (κ3) is 8.37. The number of para-hydroxylation sites is 1. The Kier molecular flexibility index (Phi) is 10.7. The number of guanidine groups is 1. The molecule has 1 heterocycles. The highest BCUT2D eigenvalue weighted by Gasteiger charge is 2.21. The summed E-state index contributed by atoms with van der Waals surface area (Å²) in [6.45, 7) is 11.6. The second kappa shape index (κ2) is 11.9. The Hall–Kier alpha value is -0.830. The first-order chi connectivity index (χ1) is 12.4. The molecule has 2 atom stereocenters. The Labute approximate surface area is 184 Å². The minimum atomic E-state index is -0.866. The molecule has 2 rings (SSSR count). The summed E-state index contributed by atoms with van der Waals surface area (Å²) in [6.07, 6.45) is 2.31. The molecular formula is C20H35IN4OS. The molecule has 154 valence electrons. The highest BCUT2D eigenvalue weighted by atomic mass is 127. The number of hydrogen-bond donors (Lipinski definition) is 2. The SMILES string of the molecule is CCNC(=NCCS(=O)C(C)(C)C)NC1CCCN(c2ccccc2)C1.I. The van der Waals surface area contributed by atoms with E-state index in [1.165, 1.54) is 12.1 Å². The van der Waals surface area contributed by atoms with Crippen molar-refractivity contribution < 1.29 is 4.21 Å². The van der Waals surface area contributed by atoms with E-state index >= 15 is 0 Å². The fraction of sp³-hybridized carbons (Fsp3) is 0.650. The van der Waals surface area contributed by atoms with Crippen LogP contribution in [0.2, 0.25) is 0 Å². The number of aliphatic imine (C=N–C) groups is 1. The zero-order valence-corrected chi connectivity index (χ0v) is 20.2. The molecule has 0 spiro atoms. The predicted molar refractivity (Wildman–Crippen MR) is 129 cm³/mol. The zero-order chi connectivity index (χ0) is 19.0. The van der Waals surface area contributed by atoms with Crippen molar-refractivity contribution in [3.05, 3.63) is 30.3 Å². The van der Waals surface area contributed by atoms with Gasteiger partial charge in [-0.3, -0.25) is 9.20 Å². The molecule has 1 aliphatic rings. The summed E-state index contributed by atoms with van der Waals surface area (Å²) in [5.74, 6) is 1.43. The van der Waals surface area contributed by atoms with E-state index < -0.39 is 10.8 Å². The Balaban J connectivity index is 0.00000364. The van der Waals surface area contributed by atoms with Gasteiger partial charge in [0.25, 0.3) is 0 Å². The number of piperidine rings is 1. The first-order valence-corrected chi connectivity index (χ1v) is 11.0. The van der Waals surface area contributed by atoms with Crippen LogP contribution in [0, 0.1) is 0 Å². The van der Waals surface area contributed by atoms with Crippen molar-refractivity contribution in [3.8, 4) is 0 Å². The van der Waals surface area contributed by atoms with Crippen LogP contribution in [0.25, 0.3) is 0 Å². The van der Waals surface area contributed by atoms with Crippen molar-refractivity contribution >= 4 is 46.4 Å². The van der Waals surface area contributed by atoms with Crippen LogP contribution >= 0.6 is 24.0 Å². The lowest BCUT2D eigenvalue weighted by atomic mass is 10.1. The summed E-state index contributed by atoms with van der Waals surface area (Å²) in [5.41, 5.74) is 1.28. The molecule has 1 saturated heterocycles. The lowest BCUT2D eigenvalue weighted by Crippen LogP contribution is -2.51. The van der Waals surface area contributed by atoms with Gasteiger partial charge >= 0.3 is 0 Å². The number of nitrogens with one attached hydrogen (secondary N) is 2. The van der Waals surface area contributed by atoms with E-state index in [0.717, 1.165) is 32.0 Å². The molecule has 0 radical (unpaired) electrons. The van der Waals surface area contributed by atoms with E-state index in [9.17, 15) is 4.21 Å². The van der Waals surface area contributed by atoms with E-state index in [4.69, 9.17) is 0 Å². The number of benzene rings is 1. The molecule has 0 aromatic heterocycles. The van der Waals surface area contributed by atoms with Crippen LogP contribution in [-0.4, -0.2) is 52.9 Å². The number of hydrogen-bond acceptors (Lipinski definition) is 3. The van der Waals surface area contributed by atoms with Gasteiger partial charge in [0.15, 0.2) is 5.96 Å². The van der Waals surface area contributed by atoms with Crippen LogP contribution in [0.3, 0.4) is 0 Å². The Morgan fingerprint density at radius 1 is 1.30 bits per heavy atom. The van der Waals surface area contributed by atoms with Gasteiger partial charge in [-0.2, -0.15) is 0 Å². The molecule has 27 heavy (non-hydrogen) atoms. The van der Waals surface area contributed by atoms with Crippen LogP contribution in [-0.2, 0) is 10.8 Å². The van der Waals surface area contributed by atoms with E-state index in [2.05, 4.69) is 57.8 Å². The fourth-order valence-corrected chi connectivity index (χ4v) is 3.90. The van der Waals surface area contributed by atoms with Crippen molar-refractivity contribution in [1.29, 1.82) is 0 Å². The minimum Gasteiger partial charge on any atom is -0.369 e. The summed E-state index contributed by atoms with van der Waals surface area (Å²) in [6, 6.07) is 10.9. The summed E-state index contributed by atoms with van der Waals surface area (Å²) in [4.78, 5) is 7.07. The van der Waals surface area contributed by atoms with Crippen molar-refractivity contribution in [2.75, 3.05) is 36.8 Å². The van der Waals surface area contributed by atoms with Crippen LogP contribution in [0.5, 0.6) is 0 Å². The molecule has 1 aromatic rings. The Morgan fingerprint density at radius 2 is 2.00 bits per heavy atom. The molecule has 2 unspecified atom stereocenters. The standard InChI is InChI=1S/C20H34N4OS.HI/c1-5-21-19(22-13-15-26(25)20(2,3)4)23-17-10-9-14-24(16-17)18-11-7-6-8-12-18;/h6-8,11-12,17H,5,9-10,13-16H2,1-4H3,(H2,21,22,23);1H. The van der Waals surface area contributed by atoms with E-state index in [0.29, 0.717) is 18.3 Å². The maximum atomic E-state index is 12.2. The van der Waals surface area contributed by atoms with Crippen molar-refractivity contribution in [3.63, 3.8) is 0 Å². The lowest BCUT2D eigenvalue weighted by molar-refractivity contribution is 0.468. The molecule has 0 amide bonds. The molecule has 5 nitrogen and oxygen atoms in total. The normalized spacial score (nSPS) is 19.2. The molecule has 2 N–H and O–H groups in total. The molecule has 0 saturated carbocycles. The Bertz CT molecular complexity index is 604. The van der Waals surface area contributed by atoms with Crippen molar-refractivity contribution in [2.45, 2.75) is 51.3 Å². The van der Waals surface area contributed by atoms with Crippen molar-refractivity contribution in [2.24, 2.45) is 4.99 Å². The maximum Gasteiger partial charge on any atom is 0.191 e. The van der Waals surface area contributed by atoms with Gasteiger partial charge in [0.1, 0.15) is 0 Å². The maximum absolute atomic E-state index is 12.2. The van der Waals surface area contributed by atoms with Crippen LogP contribution in [0.1, 0.15) is 40.5 Å². The van der Waals surface area contributed by atoms with E-state index in [1.54, 1.807) is 0 Å². The molecule has 1 aromatic carbocycles. The van der Waals surface area contributed by atoms with Gasteiger partial charge in [-0.05, 0) is 52.7 Å². The predicted octanol–water partition coefficient (Wildman–Crippen LogP) is 3.38. The minimum absolute atomic E-state index is 0. The fourth-order valence-electron chi connectivity index (χ4n) is 3.03. The largest absolute Gasteiger partial charge is 0.369 e. The molecule has 0 bridgehead atoms. The second-order valence-electron chi connectivity index (χ2n) is 7.69. The number of rotatable bonds is 6. The summed E-state index contributed by atoms with van der Waals surface area (Å²) in [7, 11) is -0.866. The van der Waals surface area contributed by atoms with Crippen LogP contribution in [0.15, 0.2) is 35.3 Å². The van der Waals surface area contributed by atoms with Gasteiger partial charge < -0.3 is 15.5 Å². The monoisotopic (exact) mass is 506 g/mol. The molecule has 1 fully saturated rings. The van der Waals surface area contributed by atoms with Crippen LogP contribution < -0.4 is 15.5 Å². The first kappa shape index (κ1) is 24.2. The summed E-state index contributed by atoms with van der Waals surface area (Å²) >= 11 is 0. The molecule has 0 aliphatic carbocycles. The average Bonchev–Trinajstić information content (AvgIpc) is 2.62. The molecule has 7 heteroatoms. The average molecular weight is 506 g/mol. The van der Waals surface area contributed by atoms with Crippen molar-refractivity contribution in [1.82, 2.24) is 10.6 Å². The summed E-state index contributed by atoms with van der Waals surface area (Å²) < 4.78 is 12.0. The first-order valence-electron chi connectivity index (χ1n) is 9.63. The molecular weight excluding hydrogens is 471 g/mol. The van der Waals surface area contributed by atoms with E-state index in [1.807, 2.05) is 20.8 Å². The van der Waals surface area contributed by atoms with Gasteiger partial charge in [0.05, 0.1) is 6.54 Å². The number of nitrogens with zero attached hydrogens (tertiary/aromatic N) is 2.